The van der Waals surface area contributed by atoms with Gasteiger partial charge < -0.3 is 5.32 Å². The quantitative estimate of drug-likeness (QED) is 0.847. The molecule has 0 fully saturated rings. The number of nitrogens with zero attached hydrogens (tertiary/aromatic N) is 2. The number of amides is 1. The van der Waals surface area contributed by atoms with Gasteiger partial charge in [-0.2, -0.15) is 0 Å². The number of benzene rings is 1. The minimum absolute atomic E-state index is 0.0779. The molecule has 3 rings (SSSR count). The van der Waals surface area contributed by atoms with Crippen LogP contribution in [0.1, 0.15) is 17.0 Å². The van der Waals surface area contributed by atoms with E-state index in [2.05, 4.69) is 20.6 Å². The highest BCUT2D eigenvalue weighted by Gasteiger charge is 2.26. The molecule has 1 aromatic heterocycles. The summed E-state index contributed by atoms with van der Waals surface area (Å²) in [4.78, 5) is 20.3. The van der Waals surface area contributed by atoms with Crippen molar-refractivity contribution in [3.8, 4) is 0 Å². The lowest BCUT2D eigenvalue weighted by molar-refractivity contribution is -0.117. The third kappa shape index (κ3) is 2.46. The number of rotatable bonds is 2. The summed E-state index contributed by atoms with van der Waals surface area (Å²) in [6.07, 6.45) is 3.21. The molecule has 2 heterocycles. The summed E-state index contributed by atoms with van der Waals surface area (Å²) in [5.41, 5.74) is 2.25. The van der Waals surface area contributed by atoms with Gasteiger partial charge >= 0.3 is 0 Å². The zero-order valence-electron chi connectivity index (χ0n) is 10.3. The van der Waals surface area contributed by atoms with Crippen molar-refractivity contribution in [2.24, 2.45) is 0 Å². The summed E-state index contributed by atoms with van der Waals surface area (Å²) in [5, 5.41) is 6.01. The number of carbonyl (C=O) groups is 1. The molecule has 0 aliphatic carbocycles. The third-order valence-corrected chi connectivity index (χ3v) is 3.21. The van der Waals surface area contributed by atoms with Gasteiger partial charge in [0.25, 0.3) is 0 Å². The van der Waals surface area contributed by atoms with Crippen molar-refractivity contribution < 1.29 is 4.79 Å². The fraction of sp³-hybridized carbons (Fsp3) is 0.214. The largest absolute Gasteiger partial charge is 0.312 e. The van der Waals surface area contributed by atoms with Crippen molar-refractivity contribution in [3.05, 3.63) is 53.9 Å². The van der Waals surface area contributed by atoms with Gasteiger partial charge in [0.1, 0.15) is 0 Å². The number of anilines is 1. The van der Waals surface area contributed by atoms with Crippen LogP contribution in [-0.4, -0.2) is 22.4 Å². The van der Waals surface area contributed by atoms with E-state index in [-0.39, 0.29) is 11.8 Å². The Labute approximate surface area is 111 Å². The molecule has 19 heavy (non-hydrogen) atoms. The molecule has 96 valence electrons. The van der Waals surface area contributed by atoms with Crippen LogP contribution >= 0.6 is 0 Å². The van der Waals surface area contributed by atoms with E-state index < -0.39 is 0 Å². The van der Waals surface area contributed by atoms with Gasteiger partial charge in [-0.05, 0) is 17.2 Å². The molecular weight excluding hydrogens is 240 g/mol. The second kappa shape index (κ2) is 5.16. The molecule has 1 aliphatic heterocycles. The Bertz CT molecular complexity index is 585. The average molecular weight is 254 g/mol. The Hall–Kier alpha value is -2.27. The van der Waals surface area contributed by atoms with E-state index in [9.17, 15) is 4.79 Å². The maximum absolute atomic E-state index is 12.3. The van der Waals surface area contributed by atoms with Crippen LogP contribution in [0.4, 0.5) is 5.95 Å². The van der Waals surface area contributed by atoms with Crippen LogP contribution in [0.3, 0.4) is 0 Å². The Morgan fingerprint density at radius 1 is 1.21 bits per heavy atom. The van der Waals surface area contributed by atoms with Crippen molar-refractivity contribution in [2.75, 3.05) is 11.9 Å². The fourth-order valence-corrected chi connectivity index (χ4v) is 2.29. The molecule has 0 spiro atoms. The number of aromatic nitrogens is 2. The molecule has 0 saturated carbocycles. The maximum atomic E-state index is 12.3. The van der Waals surface area contributed by atoms with Gasteiger partial charge in [0.05, 0.1) is 5.92 Å². The van der Waals surface area contributed by atoms with Crippen LogP contribution in [0.15, 0.2) is 42.7 Å². The topological polar surface area (TPSA) is 66.9 Å². The predicted molar refractivity (Wildman–Crippen MR) is 71.6 cm³/mol. The summed E-state index contributed by atoms with van der Waals surface area (Å²) in [6.45, 7) is 1.44. The van der Waals surface area contributed by atoms with Crippen molar-refractivity contribution in [2.45, 2.75) is 12.5 Å². The molecule has 1 aromatic carbocycles. The maximum Gasteiger partial charge on any atom is 0.235 e. The molecule has 1 amide bonds. The molecule has 5 nitrogen and oxygen atoms in total. The third-order valence-electron chi connectivity index (χ3n) is 3.21. The first-order chi connectivity index (χ1) is 9.34. The SMILES string of the molecule is O=C(Nc1ncccn1)C1CNCc2ccccc21. The first kappa shape index (κ1) is 11.8. The first-order valence-electron chi connectivity index (χ1n) is 6.21. The van der Waals surface area contributed by atoms with Gasteiger partial charge in [-0.25, -0.2) is 9.97 Å². The molecule has 1 unspecified atom stereocenters. The molecule has 1 atom stereocenters. The first-order valence-corrected chi connectivity index (χ1v) is 6.21. The van der Waals surface area contributed by atoms with Crippen LogP contribution in [0, 0.1) is 0 Å². The highest BCUT2D eigenvalue weighted by molar-refractivity contribution is 5.95. The van der Waals surface area contributed by atoms with Crippen LogP contribution < -0.4 is 10.6 Å². The van der Waals surface area contributed by atoms with Crippen LogP contribution in [0.25, 0.3) is 0 Å². The van der Waals surface area contributed by atoms with Crippen molar-refractivity contribution in [1.29, 1.82) is 0 Å². The summed E-state index contributed by atoms with van der Waals surface area (Å²) < 4.78 is 0. The predicted octanol–water partition coefficient (Wildman–Crippen LogP) is 1.30. The van der Waals surface area contributed by atoms with Gasteiger partial charge in [-0.1, -0.05) is 24.3 Å². The van der Waals surface area contributed by atoms with E-state index in [1.54, 1.807) is 18.5 Å². The Balaban J connectivity index is 1.82. The van der Waals surface area contributed by atoms with Crippen LogP contribution in [0.5, 0.6) is 0 Å². The zero-order chi connectivity index (χ0) is 13.1. The van der Waals surface area contributed by atoms with E-state index >= 15 is 0 Å². The summed E-state index contributed by atoms with van der Waals surface area (Å²) in [5.74, 6) is 0.0650. The van der Waals surface area contributed by atoms with E-state index in [0.29, 0.717) is 12.5 Å². The van der Waals surface area contributed by atoms with Gasteiger partial charge in [-0.15, -0.1) is 0 Å². The number of hydrogen-bond acceptors (Lipinski definition) is 4. The molecule has 2 aromatic rings. The standard InChI is InChI=1S/C14H14N4O/c19-13(18-14-16-6-3-7-17-14)12-9-15-8-10-4-1-2-5-11(10)12/h1-7,12,15H,8-9H2,(H,16,17,18,19). The van der Waals surface area contributed by atoms with E-state index in [1.165, 1.54) is 5.56 Å². The number of hydrogen-bond donors (Lipinski definition) is 2. The average Bonchev–Trinajstić information content (AvgIpc) is 2.47. The fourth-order valence-electron chi connectivity index (χ4n) is 2.29. The summed E-state index contributed by atoms with van der Waals surface area (Å²) in [7, 11) is 0. The highest BCUT2D eigenvalue weighted by atomic mass is 16.2. The molecule has 0 radical (unpaired) electrons. The molecular formula is C14H14N4O. The Kier molecular flexibility index (Phi) is 3.20. The van der Waals surface area contributed by atoms with E-state index in [0.717, 1.165) is 12.1 Å². The van der Waals surface area contributed by atoms with Gasteiger partial charge in [0, 0.05) is 25.5 Å². The monoisotopic (exact) mass is 254 g/mol. The molecule has 0 saturated heterocycles. The van der Waals surface area contributed by atoms with E-state index in [4.69, 9.17) is 0 Å². The second-order valence-corrected chi connectivity index (χ2v) is 4.44. The number of fused-ring (bicyclic) bond motifs is 1. The van der Waals surface area contributed by atoms with Crippen LogP contribution in [-0.2, 0) is 11.3 Å². The Morgan fingerprint density at radius 2 is 2.00 bits per heavy atom. The molecule has 1 aliphatic rings. The van der Waals surface area contributed by atoms with Crippen molar-refractivity contribution in [1.82, 2.24) is 15.3 Å². The summed E-state index contributed by atoms with van der Waals surface area (Å²) in [6, 6.07) is 9.71. The zero-order valence-corrected chi connectivity index (χ0v) is 10.3. The molecule has 0 bridgehead atoms. The minimum atomic E-state index is -0.200. The van der Waals surface area contributed by atoms with Gasteiger partial charge in [0.2, 0.25) is 11.9 Å². The van der Waals surface area contributed by atoms with Crippen molar-refractivity contribution in [3.63, 3.8) is 0 Å². The lowest BCUT2D eigenvalue weighted by Crippen LogP contribution is -2.35. The lowest BCUT2D eigenvalue weighted by atomic mass is 9.90. The summed E-state index contributed by atoms with van der Waals surface area (Å²) >= 11 is 0. The highest BCUT2D eigenvalue weighted by Crippen LogP contribution is 2.24. The lowest BCUT2D eigenvalue weighted by Gasteiger charge is -2.25. The number of carbonyl (C=O) groups excluding carboxylic acids is 1. The molecule has 2 N–H and O–H groups in total. The van der Waals surface area contributed by atoms with Gasteiger partial charge in [-0.3, -0.25) is 10.1 Å². The smallest absolute Gasteiger partial charge is 0.235 e. The van der Waals surface area contributed by atoms with Gasteiger partial charge in [0.15, 0.2) is 0 Å². The normalized spacial score (nSPS) is 17.6. The second-order valence-electron chi connectivity index (χ2n) is 4.44. The van der Waals surface area contributed by atoms with Crippen LogP contribution in [0.2, 0.25) is 0 Å². The van der Waals surface area contributed by atoms with Crippen molar-refractivity contribution >= 4 is 11.9 Å². The Morgan fingerprint density at radius 3 is 2.84 bits per heavy atom. The minimum Gasteiger partial charge on any atom is -0.312 e. The number of nitrogens with one attached hydrogen (secondary N) is 2. The molecule has 5 heteroatoms. The van der Waals surface area contributed by atoms with E-state index in [1.807, 2.05) is 24.3 Å².